The number of allylic oxidation sites excluding steroid dienone is 4. The van der Waals surface area contributed by atoms with Gasteiger partial charge in [-0.1, -0.05) is 46.3 Å². The van der Waals surface area contributed by atoms with Gasteiger partial charge < -0.3 is 0 Å². The average molecular weight is 325 g/mol. The zero-order valence-electron chi connectivity index (χ0n) is 8.73. The van der Waals surface area contributed by atoms with E-state index in [4.69, 9.17) is 0 Å². The second-order valence-electron chi connectivity index (χ2n) is 3.73. The van der Waals surface area contributed by atoms with Crippen molar-refractivity contribution in [3.05, 3.63) is 59.2 Å². The van der Waals surface area contributed by atoms with Crippen LogP contribution in [0.4, 0.5) is 22.0 Å². The van der Waals surface area contributed by atoms with Gasteiger partial charge in [0.2, 0.25) is 0 Å². The predicted molar refractivity (Wildman–Crippen MR) is 60.4 cm³/mol. The molecule has 1 aliphatic rings. The van der Waals surface area contributed by atoms with Gasteiger partial charge >= 0.3 is 0 Å². The third-order valence-electron chi connectivity index (χ3n) is 2.68. The summed E-state index contributed by atoms with van der Waals surface area (Å²) in [6.07, 6.45) is -2.68. The lowest BCUT2D eigenvalue weighted by molar-refractivity contribution is 0.232. The first-order chi connectivity index (χ1) is 8.40. The maximum absolute atomic E-state index is 13.8. The van der Waals surface area contributed by atoms with Crippen LogP contribution in [-0.4, -0.2) is 6.17 Å². The summed E-state index contributed by atoms with van der Waals surface area (Å²) in [5.74, 6) is -7.84. The van der Waals surface area contributed by atoms with Crippen molar-refractivity contribution in [2.75, 3.05) is 0 Å². The summed E-state index contributed by atoms with van der Waals surface area (Å²) in [5, 5.41) is 0. The maximum Gasteiger partial charge on any atom is 0.196 e. The fourth-order valence-electron chi connectivity index (χ4n) is 1.71. The van der Waals surface area contributed by atoms with Gasteiger partial charge in [-0.3, -0.25) is 0 Å². The Kier molecular flexibility index (Phi) is 3.31. The lowest BCUT2D eigenvalue weighted by atomic mass is 9.88. The van der Waals surface area contributed by atoms with E-state index < -0.39 is 33.8 Å². The highest BCUT2D eigenvalue weighted by atomic mass is 79.9. The first kappa shape index (κ1) is 13.3. The lowest BCUT2D eigenvalue weighted by Gasteiger charge is -2.32. The standard InChI is InChI=1S/C12H6BrF5/c13-12(6-4-2-1-3-5-6)10(17)8(15)7(14)9(16)11(12)18/h1-5,10H. The van der Waals surface area contributed by atoms with E-state index >= 15 is 0 Å². The molecule has 0 fully saturated rings. The highest BCUT2D eigenvalue weighted by Crippen LogP contribution is 2.52. The summed E-state index contributed by atoms with van der Waals surface area (Å²) >= 11 is 2.65. The van der Waals surface area contributed by atoms with Crippen molar-refractivity contribution in [3.63, 3.8) is 0 Å². The summed E-state index contributed by atoms with van der Waals surface area (Å²) in [4.78, 5) is 0. The van der Waals surface area contributed by atoms with Gasteiger partial charge in [-0.25, -0.2) is 22.0 Å². The van der Waals surface area contributed by atoms with Gasteiger partial charge in [0.1, 0.15) is 4.32 Å². The van der Waals surface area contributed by atoms with Gasteiger partial charge in [0.25, 0.3) is 0 Å². The van der Waals surface area contributed by atoms with Crippen molar-refractivity contribution in [2.45, 2.75) is 10.5 Å². The number of halogens is 6. The van der Waals surface area contributed by atoms with Crippen LogP contribution in [-0.2, 0) is 4.32 Å². The molecular weight excluding hydrogens is 319 g/mol. The molecule has 1 aliphatic carbocycles. The van der Waals surface area contributed by atoms with E-state index in [1.54, 1.807) is 6.07 Å². The third-order valence-corrected chi connectivity index (χ3v) is 3.89. The molecule has 1 aromatic carbocycles. The van der Waals surface area contributed by atoms with Crippen LogP contribution >= 0.6 is 15.9 Å². The monoisotopic (exact) mass is 324 g/mol. The van der Waals surface area contributed by atoms with Crippen molar-refractivity contribution < 1.29 is 22.0 Å². The molecule has 0 amide bonds. The number of rotatable bonds is 1. The molecule has 2 rings (SSSR count). The molecule has 2 atom stereocenters. The highest BCUT2D eigenvalue weighted by molar-refractivity contribution is 9.09. The Labute approximate surface area is 108 Å². The molecule has 2 unspecified atom stereocenters. The molecule has 6 heteroatoms. The second kappa shape index (κ2) is 4.50. The molecule has 0 nitrogen and oxygen atoms in total. The molecule has 0 bridgehead atoms. The molecule has 0 N–H and O–H groups in total. The van der Waals surface area contributed by atoms with Crippen molar-refractivity contribution >= 4 is 15.9 Å². The predicted octanol–water partition coefficient (Wildman–Crippen LogP) is 4.93. The summed E-state index contributed by atoms with van der Waals surface area (Å²) in [6.45, 7) is 0. The van der Waals surface area contributed by atoms with E-state index in [1.807, 2.05) is 0 Å². The second-order valence-corrected chi connectivity index (χ2v) is 4.98. The first-order valence-electron chi connectivity index (χ1n) is 4.90. The molecular formula is C12H6BrF5. The van der Waals surface area contributed by atoms with Gasteiger partial charge in [0.15, 0.2) is 29.5 Å². The number of alkyl halides is 2. The van der Waals surface area contributed by atoms with Crippen molar-refractivity contribution in [1.82, 2.24) is 0 Å². The molecule has 0 spiro atoms. The molecule has 18 heavy (non-hydrogen) atoms. The summed E-state index contributed by atoms with van der Waals surface area (Å²) < 4.78 is 64.6. The Morgan fingerprint density at radius 2 is 1.50 bits per heavy atom. The van der Waals surface area contributed by atoms with Crippen LogP contribution in [0.5, 0.6) is 0 Å². The molecule has 0 saturated carbocycles. The van der Waals surface area contributed by atoms with Gasteiger partial charge in [-0.2, -0.15) is 0 Å². The normalized spacial score (nSPS) is 28.9. The van der Waals surface area contributed by atoms with Crippen LogP contribution in [0.15, 0.2) is 53.6 Å². The highest BCUT2D eigenvalue weighted by Gasteiger charge is 2.52. The van der Waals surface area contributed by atoms with Gasteiger partial charge in [0, 0.05) is 0 Å². The van der Waals surface area contributed by atoms with E-state index in [9.17, 15) is 22.0 Å². The Morgan fingerprint density at radius 3 is 2.06 bits per heavy atom. The average Bonchev–Trinajstić information content (AvgIpc) is 2.42. The molecule has 0 radical (unpaired) electrons. The minimum Gasteiger partial charge on any atom is -0.237 e. The van der Waals surface area contributed by atoms with E-state index in [2.05, 4.69) is 15.9 Å². The number of benzene rings is 1. The van der Waals surface area contributed by atoms with E-state index in [-0.39, 0.29) is 5.56 Å². The number of hydrogen-bond donors (Lipinski definition) is 0. The number of hydrogen-bond acceptors (Lipinski definition) is 0. The maximum atomic E-state index is 13.8. The van der Waals surface area contributed by atoms with E-state index in [0.29, 0.717) is 0 Å². The van der Waals surface area contributed by atoms with Gasteiger partial charge in [0.05, 0.1) is 0 Å². The molecule has 0 heterocycles. The van der Waals surface area contributed by atoms with Crippen LogP contribution < -0.4 is 0 Å². The summed E-state index contributed by atoms with van der Waals surface area (Å²) in [6, 6.07) is 7.03. The smallest absolute Gasteiger partial charge is 0.196 e. The van der Waals surface area contributed by atoms with Crippen LogP contribution in [0.3, 0.4) is 0 Å². The van der Waals surface area contributed by atoms with Crippen molar-refractivity contribution in [2.24, 2.45) is 0 Å². The largest absolute Gasteiger partial charge is 0.237 e. The Morgan fingerprint density at radius 1 is 0.944 bits per heavy atom. The third kappa shape index (κ3) is 1.70. The van der Waals surface area contributed by atoms with Crippen LogP contribution in [0.2, 0.25) is 0 Å². The molecule has 0 saturated heterocycles. The Bertz CT molecular complexity index is 537. The van der Waals surface area contributed by atoms with Crippen LogP contribution in [0, 0.1) is 0 Å². The zero-order chi connectivity index (χ0) is 13.5. The van der Waals surface area contributed by atoms with E-state index in [0.717, 1.165) is 0 Å². The Balaban J connectivity index is 2.66. The van der Waals surface area contributed by atoms with Gasteiger partial charge in [-0.15, -0.1) is 0 Å². The van der Waals surface area contributed by atoms with Crippen LogP contribution in [0.1, 0.15) is 5.56 Å². The Hall–Kier alpha value is -1.17. The fraction of sp³-hybridized carbons (Fsp3) is 0.167. The van der Waals surface area contributed by atoms with Gasteiger partial charge in [-0.05, 0) is 5.56 Å². The minimum absolute atomic E-state index is 0.0483. The molecule has 0 aliphatic heterocycles. The van der Waals surface area contributed by atoms with E-state index in [1.165, 1.54) is 24.3 Å². The molecule has 0 aromatic heterocycles. The lowest BCUT2D eigenvalue weighted by Crippen LogP contribution is -2.35. The van der Waals surface area contributed by atoms with Crippen molar-refractivity contribution in [3.8, 4) is 0 Å². The minimum atomic E-state index is -2.68. The molecule has 96 valence electrons. The zero-order valence-corrected chi connectivity index (χ0v) is 10.3. The van der Waals surface area contributed by atoms with Crippen LogP contribution in [0.25, 0.3) is 0 Å². The topological polar surface area (TPSA) is 0 Å². The summed E-state index contributed by atoms with van der Waals surface area (Å²) in [5.41, 5.74) is -0.0483. The quantitative estimate of drug-likeness (QED) is 0.507. The fourth-order valence-corrected chi connectivity index (χ4v) is 2.35. The summed E-state index contributed by atoms with van der Waals surface area (Å²) in [7, 11) is 0. The SMILES string of the molecule is FC1=C(F)C(F)C(Br)(c2ccccc2)C(F)=C1F. The first-order valence-corrected chi connectivity index (χ1v) is 5.69. The van der Waals surface area contributed by atoms with Crippen molar-refractivity contribution in [1.29, 1.82) is 0 Å². The molecule has 1 aromatic rings.